The largest absolute Gasteiger partial charge is 0.486 e. The number of hydrogen-bond acceptors (Lipinski definition) is 8. The highest BCUT2D eigenvalue weighted by Crippen LogP contribution is 2.31. The number of carbonyl (C=O) groups excluding carboxylic acids is 1. The van der Waals surface area contributed by atoms with Gasteiger partial charge in [0.2, 0.25) is 5.91 Å². The summed E-state index contributed by atoms with van der Waals surface area (Å²) in [5, 5.41) is 1.80. The lowest BCUT2D eigenvalue weighted by molar-refractivity contribution is -0.128. The summed E-state index contributed by atoms with van der Waals surface area (Å²) < 4.78 is 17.2. The maximum Gasteiger partial charge on any atom is 0.232 e. The van der Waals surface area contributed by atoms with Gasteiger partial charge in [-0.3, -0.25) is 9.69 Å². The van der Waals surface area contributed by atoms with Gasteiger partial charge in [-0.1, -0.05) is 42.1 Å². The van der Waals surface area contributed by atoms with E-state index in [1.165, 1.54) is 11.8 Å². The van der Waals surface area contributed by atoms with Crippen LogP contribution in [0.1, 0.15) is 5.82 Å². The topological polar surface area (TPSA) is 77.0 Å². The molecule has 1 aromatic heterocycles. The van der Waals surface area contributed by atoms with Crippen LogP contribution in [0.5, 0.6) is 11.5 Å². The second-order valence-electron chi connectivity index (χ2n) is 8.41. The van der Waals surface area contributed by atoms with Gasteiger partial charge in [-0.05, 0) is 18.2 Å². The third kappa shape index (κ3) is 5.43. The summed E-state index contributed by atoms with van der Waals surface area (Å²) in [5.41, 5.74) is 0.899. The Hall–Kier alpha value is -2.88. The minimum Gasteiger partial charge on any atom is -0.486 e. The van der Waals surface area contributed by atoms with E-state index in [0.29, 0.717) is 31.2 Å². The first kappa shape index (κ1) is 22.9. The first-order valence-electron chi connectivity index (χ1n) is 11.5. The Bertz CT molecular complexity index is 1150. The van der Waals surface area contributed by atoms with Crippen molar-refractivity contribution >= 4 is 28.6 Å². The zero-order chi connectivity index (χ0) is 23.3. The number of hydrogen-bond donors (Lipinski definition) is 0. The van der Waals surface area contributed by atoms with Crippen LogP contribution in [0.4, 0.5) is 0 Å². The lowest BCUT2D eigenvalue weighted by Gasteiger charge is -2.29. The van der Waals surface area contributed by atoms with Gasteiger partial charge in [-0.2, -0.15) is 0 Å². The minimum absolute atomic E-state index is 0.0184. The molecule has 0 aliphatic carbocycles. The van der Waals surface area contributed by atoms with Crippen LogP contribution >= 0.6 is 11.8 Å². The van der Waals surface area contributed by atoms with Crippen LogP contribution in [0.2, 0.25) is 0 Å². The molecule has 0 spiro atoms. The number of ether oxygens (including phenoxy) is 3. The smallest absolute Gasteiger partial charge is 0.232 e. The Morgan fingerprint density at radius 2 is 1.85 bits per heavy atom. The predicted molar refractivity (Wildman–Crippen MR) is 130 cm³/mol. The molecular formula is C25H28N4O4S. The molecule has 1 saturated heterocycles. The van der Waals surface area contributed by atoms with Crippen molar-refractivity contribution in [2.45, 2.75) is 17.7 Å². The van der Waals surface area contributed by atoms with Crippen molar-refractivity contribution in [2.24, 2.45) is 0 Å². The van der Waals surface area contributed by atoms with Crippen molar-refractivity contribution in [1.29, 1.82) is 0 Å². The molecule has 0 N–H and O–H groups in total. The Kier molecular flexibility index (Phi) is 7.13. The summed E-state index contributed by atoms with van der Waals surface area (Å²) in [6, 6.07) is 15.6. The number of para-hydroxylation sites is 3. The van der Waals surface area contributed by atoms with Crippen molar-refractivity contribution in [3.63, 3.8) is 0 Å². The van der Waals surface area contributed by atoms with Gasteiger partial charge in [-0.25, -0.2) is 9.97 Å². The van der Waals surface area contributed by atoms with Gasteiger partial charge in [0.15, 0.2) is 17.6 Å². The highest BCUT2D eigenvalue weighted by Gasteiger charge is 2.24. The summed E-state index contributed by atoms with van der Waals surface area (Å²) in [5.74, 6) is 2.54. The molecule has 1 amide bonds. The number of morpholine rings is 1. The van der Waals surface area contributed by atoms with Gasteiger partial charge in [0, 0.05) is 25.5 Å². The number of carbonyl (C=O) groups is 1. The third-order valence-electron chi connectivity index (χ3n) is 5.89. The molecule has 34 heavy (non-hydrogen) atoms. The molecule has 0 bridgehead atoms. The second-order valence-corrected chi connectivity index (χ2v) is 9.38. The van der Waals surface area contributed by atoms with Crippen LogP contribution in [-0.2, 0) is 16.1 Å². The molecule has 5 rings (SSSR count). The van der Waals surface area contributed by atoms with Gasteiger partial charge in [0.25, 0.3) is 0 Å². The maximum absolute atomic E-state index is 12.9. The highest BCUT2D eigenvalue weighted by atomic mass is 32.2. The van der Waals surface area contributed by atoms with Gasteiger partial charge < -0.3 is 19.1 Å². The molecule has 0 radical (unpaired) electrons. The van der Waals surface area contributed by atoms with E-state index in [4.69, 9.17) is 24.2 Å². The summed E-state index contributed by atoms with van der Waals surface area (Å²) in [6.45, 7) is 4.77. The van der Waals surface area contributed by atoms with Gasteiger partial charge >= 0.3 is 0 Å². The summed E-state index contributed by atoms with van der Waals surface area (Å²) >= 11 is 1.46. The van der Waals surface area contributed by atoms with Crippen molar-refractivity contribution in [2.75, 3.05) is 52.3 Å². The number of nitrogens with zero attached hydrogens (tertiary/aromatic N) is 4. The number of thioether (sulfide) groups is 1. The Labute approximate surface area is 203 Å². The molecule has 1 fully saturated rings. The first-order chi connectivity index (χ1) is 16.7. The maximum atomic E-state index is 12.9. The number of fused-ring (bicyclic) bond motifs is 2. The average Bonchev–Trinajstić information content (AvgIpc) is 2.87. The second kappa shape index (κ2) is 10.6. The zero-order valence-corrected chi connectivity index (χ0v) is 20.0. The predicted octanol–water partition coefficient (Wildman–Crippen LogP) is 2.85. The number of benzene rings is 2. The molecule has 0 saturated carbocycles. The lowest BCUT2D eigenvalue weighted by Crippen LogP contribution is -2.42. The van der Waals surface area contributed by atoms with Crippen molar-refractivity contribution in [1.82, 2.24) is 19.8 Å². The lowest BCUT2D eigenvalue weighted by atomic mass is 10.2. The van der Waals surface area contributed by atoms with E-state index in [2.05, 4.69) is 4.90 Å². The van der Waals surface area contributed by atoms with E-state index in [-0.39, 0.29) is 12.0 Å². The standard InChI is InChI=1S/C25H28N4O4S/c1-28(14-18-16-32-21-8-4-5-9-22(21)33-18)24(30)17-34-25-19-6-2-3-7-20(19)26-23(27-25)15-29-10-12-31-13-11-29/h2-9,18H,10-17H2,1H3/t18-/m1/s1. The van der Waals surface area contributed by atoms with Crippen molar-refractivity contribution < 1.29 is 19.0 Å². The number of rotatable bonds is 7. The minimum atomic E-state index is -0.200. The fourth-order valence-electron chi connectivity index (χ4n) is 4.03. The molecule has 178 valence electrons. The van der Waals surface area contributed by atoms with Crippen molar-refractivity contribution in [3.8, 4) is 11.5 Å². The third-order valence-corrected chi connectivity index (χ3v) is 6.86. The Balaban J connectivity index is 1.22. The summed E-state index contributed by atoms with van der Waals surface area (Å²) in [4.78, 5) is 26.5. The van der Waals surface area contributed by atoms with Crippen LogP contribution in [0.25, 0.3) is 10.9 Å². The first-order valence-corrected chi connectivity index (χ1v) is 12.5. The van der Waals surface area contributed by atoms with E-state index in [1.807, 2.05) is 48.5 Å². The molecule has 9 heteroatoms. The van der Waals surface area contributed by atoms with Crippen molar-refractivity contribution in [3.05, 3.63) is 54.4 Å². The van der Waals surface area contributed by atoms with Gasteiger partial charge in [0.05, 0.1) is 37.6 Å². The highest BCUT2D eigenvalue weighted by molar-refractivity contribution is 8.00. The number of aromatic nitrogens is 2. The zero-order valence-electron chi connectivity index (χ0n) is 19.2. The molecule has 3 heterocycles. The van der Waals surface area contributed by atoms with E-state index in [0.717, 1.165) is 53.8 Å². The Morgan fingerprint density at radius 3 is 2.71 bits per heavy atom. The van der Waals surface area contributed by atoms with Crippen LogP contribution in [-0.4, -0.2) is 84.0 Å². The fraction of sp³-hybridized carbons (Fsp3) is 0.400. The normalized spacial score (nSPS) is 18.1. The molecule has 2 aromatic carbocycles. The van der Waals surface area contributed by atoms with Crippen LogP contribution < -0.4 is 9.47 Å². The van der Waals surface area contributed by atoms with E-state index < -0.39 is 0 Å². The Morgan fingerprint density at radius 1 is 1.09 bits per heavy atom. The molecule has 0 unspecified atom stereocenters. The van der Waals surface area contributed by atoms with Crippen LogP contribution in [0, 0.1) is 0 Å². The molecule has 8 nitrogen and oxygen atoms in total. The number of amides is 1. The van der Waals surface area contributed by atoms with E-state index in [9.17, 15) is 4.79 Å². The summed E-state index contributed by atoms with van der Waals surface area (Å²) in [7, 11) is 1.80. The van der Waals surface area contributed by atoms with E-state index >= 15 is 0 Å². The monoisotopic (exact) mass is 480 g/mol. The molecule has 1 atom stereocenters. The van der Waals surface area contributed by atoms with Crippen LogP contribution in [0.3, 0.4) is 0 Å². The fourth-order valence-corrected chi connectivity index (χ4v) is 5.01. The van der Waals surface area contributed by atoms with Gasteiger partial charge in [-0.15, -0.1) is 0 Å². The molecule has 3 aromatic rings. The molecule has 2 aliphatic heterocycles. The van der Waals surface area contributed by atoms with Gasteiger partial charge in [0.1, 0.15) is 17.5 Å². The molecule has 2 aliphatic rings. The SMILES string of the molecule is CN(C[C@@H]1COc2ccccc2O1)C(=O)CSc1nc(CN2CCOCC2)nc2ccccc12. The summed E-state index contributed by atoms with van der Waals surface area (Å²) in [6.07, 6.45) is -0.200. The molecular weight excluding hydrogens is 452 g/mol. The average molecular weight is 481 g/mol. The number of likely N-dealkylation sites (N-methyl/N-ethyl adjacent to an activating group) is 1. The van der Waals surface area contributed by atoms with E-state index in [1.54, 1.807) is 11.9 Å². The quantitative estimate of drug-likeness (QED) is 0.378. The van der Waals surface area contributed by atoms with Crippen LogP contribution in [0.15, 0.2) is 53.6 Å².